The van der Waals surface area contributed by atoms with Crippen molar-refractivity contribution in [3.63, 3.8) is 0 Å². The lowest BCUT2D eigenvalue weighted by Gasteiger charge is -2.34. The Morgan fingerprint density at radius 3 is 1.32 bits per heavy atom. The SMILES string of the molecule is c1ccc(-n2c(-c3ccc(-c4ccc(C5(c6ccccc6)c6cc(-c7ccc8ccccc8c7)ccc6-c6ccc(-c7ccc8ccccc8c7)cc65)cc4)cc3)nc3ccccc32)cc1. The lowest BCUT2D eigenvalue weighted by Crippen LogP contribution is -2.28. The Morgan fingerprint density at radius 1 is 0.303 bits per heavy atom. The van der Waals surface area contributed by atoms with E-state index in [4.69, 9.17) is 4.98 Å². The lowest BCUT2D eigenvalue weighted by molar-refractivity contribution is 0.769. The van der Waals surface area contributed by atoms with Crippen LogP contribution in [0, 0.1) is 0 Å². The summed E-state index contributed by atoms with van der Waals surface area (Å²) >= 11 is 0. The van der Waals surface area contributed by atoms with Gasteiger partial charge in [0.15, 0.2) is 0 Å². The number of rotatable bonds is 7. The molecule has 12 aromatic rings. The summed E-state index contributed by atoms with van der Waals surface area (Å²) in [6.45, 7) is 0. The van der Waals surface area contributed by atoms with Gasteiger partial charge in [-0.1, -0.05) is 206 Å². The van der Waals surface area contributed by atoms with Gasteiger partial charge in [-0.05, 0) is 137 Å². The first-order valence-electron chi connectivity index (χ1n) is 22.8. The zero-order valence-electron chi connectivity index (χ0n) is 36.1. The van der Waals surface area contributed by atoms with Gasteiger partial charge >= 0.3 is 0 Å². The molecule has 2 nitrogen and oxygen atoms in total. The van der Waals surface area contributed by atoms with Crippen LogP contribution in [0.1, 0.15) is 22.3 Å². The quantitative estimate of drug-likeness (QED) is 0.156. The molecule has 0 N–H and O–H groups in total. The van der Waals surface area contributed by atoms with Gasteiger partial charge in [0.1, 0.15) is 5.82 Å². The summed E-state index contributed by atoms with van der Waals surface area (Å²) in [6.07, 6.45) is 0. The first-order chi connectivity index (χ1) is 32.7. The van der Waals surface area contributed by atoms with Crippen molar-refractivity contribution < 1.29 is 0 Å². The molecule has 0 fully saturated rings. The van der Waals surface area contributed by atoms with Crippen molar-refractivity contribution in [3.8, 4) is 61.6 Å². The second-order valence-electron chi connectivity index (χ2n) is 17.5. The van der Waals surface area contributed by atoms with Crippen LogP contribution < -0.4 is 0 Å². The summed E-state index contributed by atoms with van der Waals surface area (Å²) in [6, 6.07) is 93.5. The van der Waals surface area contributed by atoms with Crippen LogP contribution >= 0.6 is 0 Å². The minimum Gasteiger partial charge on any atom is -0.292 e. The van der Waals surface area contributed by atoms with Gasteiger partial charge in [0, 0.05) is 11.3 Å². The smallest absolute Gasteiger partial charge is 0.145 e. The van der Waals surface area contributed by atoms with Crippen LogP contribution in [0.25, 0.3) is 94.2 Å². The molecular weight excluding hydrogens is 797 g/mol. The van der Waals surface area contributed by atoms with E-state index in [1.165, 1.54) is 82.7 Å². The monoisotopic (exact) mass is 838 g/mol. The molecule has 1 aliphatic carbocycles. The zero-order valence-corrected chi connectivity index (χ0v) is 36.1. The van der Waals surface area contributed by atoms with Gasteiger partial charge in [-0.15, -0.1) is 0 Å². The second-order valence-corrected chi connectivity index (χ2v) is 17.5. The predicted molar refractivity (Wildman–Crippen MR) is 275 cm³/mol. The number of hydrogen-bond donors (Lipinski definition) is 0. The highest BCUT2D eigenvalue weighted by Crippen LogP contribution is 2.57. The van der Waals surface area contributed by atoms with E-state index in [2.05, 4.69) is 259 Å². The average molecular weight is 839 g/mol. The van der Waals surface area contributed by atoms with Crippen molar-refractivity contribution in [2.24, 2.45) is 0 Å². The van der Waals surface area contributed by atoms with E-state index >= 15 is 0 Å². The lowest BCUT2D eigenvalue weighted by atomic mass is 9.67. The Labute approximate surface area is 384 Å². The van der Waals surface area contributed by atoms with Crippen LogP contribution in [-0.2, 0) is 5.41 Å². The van der Waals surface area contributed by atoms with Crippen LogP contribution in [0.4, 0.5) is 0 Å². The van der Waals surface area contributed by atoms with E-state index in [0.717, 1.165) is 33.7 Å². The summed E-state index contributed by atoms with van der Waals surface area (Å²) < 4.78 is 2.26. The summed E-state index contributed by atoms with van der Waals surface area (Å²) in [5, 5.41) is 4.98. The Bertz CT molecular complexity index is 3660. The molecule has 1 aromatic heterocycles. The predicted octanol–water partition coefficient (Wildman–Crippen LogP) is 16.4. The first kappa shape index (κ1) is 37.9. The van der Waals surface area contributed by atoms with Gasteiger partial charge in [0.2, 0.25) is 0 Å². The maximum Gasteiger partial charge on any atom is 0.145 e. The Hall–Kier alpha value is -8.59. The molecular formula is C64H42N2. The minimum atomic E-state index is -0.593. The van der Waals surface area contributed by atoms with Gasteiger partial charge in [-0.3, -0.25) is 4.57 Å². The van der Waals surface area contributed by atoms with E-state index in [1.807, 2.05) is 0 Å². The van der Waals surface area contributed by atoms with Crippen LogP contribution in [0.5, 0.6) is 0 Å². The standard InChI is InChI=1S/C64H42N2/c1-3-17-54(18-4-1)64(55-35-31-46(32-36-55)45-23-27-47(28-24-45)63-65-61-21-11-12-22-62(61)66(63)56-19-5-2-6-20-56)59-41-52(50-29-25-43-13-7-9-15-48(43)39-50)33-37-57(59)58-38-34-53(42-60(58)64)51-30-26-44-14-8-10-16-49(44)40-51/h1-42H. The molecule has 0 bridgehead atoms. The third-order valence-corrected chi connectivity index (χ3v) is 13.9. The summed E-state index contributed by atoms with van der Waals surface area (Å²) in [4.78, 5) is 5.13. The molecule has 2 heteroatoms. The van der Waals surface area contributed by atoms with E-state index < -0.39 is 5.41 Å². The minimum absolute atomic E-state index is 0.593. The third-order valence-electron chi connectivity index (χ3n) is 13.9. The molecule has 0 amide bonds. The molecule has 13 rings (SSSR count). The average Bonchev–Trinajstić information content (AvgIpc) is 3.93. The normalized spacial score (nSPS) is 12.7. The van der Waals surface area contributed by atoms with Gasteiger partial charge < -0.3 is 0 Å². The highest BCUT2D eigenvalue weighted by molar-refractivity contribution is 5.94. The Morgan fingerprint density at radius 2 is 0.727 bits per heavy atom. The number of imidazole rings is 1. The number of para-hydroxylation sites is 3. The zero-order chi connectivity index (χ0) is 43.6. The molecule has 0 saturated heterocycles. The summed E-state index contributed by atoms with van der Waals surface area (Å²) in [7, 11) is 0. The van der Waals surface area contributed by atoms with Gasteiger partial charge in [0.05, 0.1) is 16.4 Å². The molecule has 1 aliphatic rings. The van der Waals surface area contributed by atoms with Crippen LogP contribution in [0.15, 0.2) is 255 Å². The molecule has 1 heterocycles. The third kappa shape index (κ3) is 6.07. The molecule has 0 saturated carbocycles. The van der Waals surface area contributed by atoms with Gasteiger partial charge in [-0.2, -0.15) is 0 Å². The van der Waals surface area contributed by atoms with Gasteiger partial charge in [-0.25, -0.2) is 4.98 Å². The van der Waals surface area contributed by atoms with Crippen molar-refractivity contribution >= 4 is 32.6 Å². The van der Waals surface area contributed by atoms with Crippen molar-refractivity contribution in [2.75, 3.05) is 0 Å². The van der Waals surface area contributed by atoms with Crippen molar-refractivity contribution in [3.05, 3.63) is 277 Å². The van der Waals surface area contributed by atoms with E-state index in [1.54, 1.807) is 0 Å². The fourth-order valence-electron chi connectivity index (χ4n) is 10.7. The van der Waals surface area contributed by atoms with Gasteiger partial charge in [0.25, 0.3) is 0 Å². The number of fused-ring (bicyclic) bond motifs is 6. The molecule has 11 aromatic carbocycles. The summed E-state index contributed by atoms with van der Waals surface area (Å²) in [5.41, 5.74) is 18.4. The molecule has 308 valence electrons. The topological polar surface area (TPSA) is 17.8 Å². The van der Waals surface area contributed by atoms with Crippen molar-refractivity contribution in [1.82, 2.24) is 9.55 Å². The maximum absolute atomic E-state index is 5.13. The van der Waals surface area contributed by atoms with E-state index in [9.17, 15) is 0 Å². The highest BCUT2D eigenvalue weighted by Gasteiger charge is 2.46. The fourth-order valence-corrected chi connectivity index (χ4v) is 10.7. The number of benzene rings is 11. The fraction of sp³-hybridized carbons (Fsp3) is 0.0156. The molecule has 0 unspecified atom stereocenters. The summed E-state index contributed by atoms with van der Waals surface area (Å²) in [5.74, 6) is 0.929. The second kappa shape index (κ2) is 15.3. The van der Waals surface area contributed by atoms with Crippen molar-refractivity contribution in [1.29, 1.82) is 0 Å². The number of hydrogen-bond acceptors (Lipinski definition) is 1. The van der Waals surface area contributed by atoms with Crippen molar-refractivity contribution in [2.45, 2.75) is 5.41 Å². The molecule has 0 radical (unpaired) electrons. The Kier molecular flexibility index (Phi) is 8.79. The highest BCUT2D eigenvalue weighted by atomic mass is 15.1. The number of nitrogens with zero attached hydrogens (tertiary/aromatic N) is 2. The maximum atomic E-state index is 5.13. The van der Waals surface area contributed by atoms with Crippen LogP contribution in [0.3, 0.4) is 0 Å². The van der Waals surface area contributed by atoms with E-state index in [0.29, 0.717) is 0 Å². The van der Waals surface area contributed by atoms with E-state index in [-0.39, 0.29) is 0 Å². The molecule has 0 atom stereocenters. The van der Waals surface area contributed by atoms with Crippen LogP contribution in [0.2, 0.25) is 0 Å². The first-order valence-corrected chi connectivity index (χ1v) is 22.8. The molecule has 0 spiro atoms. The Balaban J connectivity index is 0.967. The van der Waals surface area contributed by atoms with Crippen LogP contribution in [-0.4, -0.2) is 9.55 Å². The molecule has 66 heavy (non-hydrogen) atoms. The molecule has 0 aliphatic heterocycles. The number of aromatic nitrogens is 2. The largest absolute Gasteiger partial charge is 0.292 e.